The number of ether oxygens (including phenoxy) is 1. The highest BCUT2D eigenvalue weighted by Crippen LogP contribution is 2.32. The number of nitrogens with zero attached hydrogens (tertiary/aromatic N) is 3. The van der Waals surface area contributed by atoms with E-state index in [9.17, 15) is 4.79 Å². The molecule has 0 aliphatic heterocycles. The molecule has 3 aromatic rings. The maximum atomic E-state index is 13.5. The summed E-state index contributed by atoms with van der Waals surface area (Å²) in [6.45, 7) is 11.7. The molecule has 0 aliphatic carbocycles. The molecule has 0 aliphatic rings. The highest BCUT2D eigenvalue weighted by molar-refractivity contribution is 7.22. The lowest BCUT2D eigenvalue weighted by Crippen LogP contribution is -2.39. The zero-order valence-electron chi connectivity index (χ0n) is 18.3. The van der Waals surface area contributed by atoms with Gasteiger partial charge in [-0.1, -0.05) is 42.4 Å². The van der Waals surface area contributed by atoms with Gasteiger partial charge in [0.1, 0.15) is 5.75 Å². The van der Waals surface area contributed by atoms with Crippen LogP contribution in [0.4, 0.5) is 5.13 Å². The number of anilines is 1. The normalized spacial score (nSPS) is 10.9. The molecule has 0 unspecified atom stereocenters. The Hall–Kier alpha value is -2.15. The molecule has 30 heavy (non-hydrogen) atoms. The van der Waals surface area contributed by atoms with Crippen LogP contribution in [0.1, 0.15) is 35.3 Å². The van der Waals surface area contributed by atoms with Gasteiger partial charge in [-0.15, -0.1) is 12.4 Å². The van der Waals surface area contributed by atoms with Crippen molar-refractivity contribution in [3.8, 4) is 5.75 Å². The summed E-state index contributed by atoms with van der Waals surface area (Å²) in [5, 5.41) is 0.726. The standard InChI is InChI=1S/C23H29N3O2S.ClH/c1-6-25(7-2)10-11-26(22(27)18-13-16(3)12-17(4)14-18)23-24-20-9-8-19(28-5)15-21(20)29-23;/h8-9,12-15H,6-7,10-11H2,1-5H3;1H. The molecule has 5 nitrogen and oxygen atoms in total. The highest BCUT2D eigenvalue weighted by Gasteiger charge is 2.22. The number of hydrogen-bond acceptors (Lipinski definition) is 5. The Morgan fingerprint density at radius 1 is 1.03 bits per heavy atom. The lowest BCUT2D eigenvalue weighted by atomic mass is 10.1. The van der Waals surface area contributed by atoms with Crippen molar-refractivity contribution >= 4 is 45.0 Å². The van der Waals surface area contributed by atoms with Gasteiger partial charge in [0.05, 0.1) is 17.3 Å². The lowest BCUT2D eigenvalue weighted by molar-refractivity contribution is 0.0983. The Labute approximate surface area is 189 Å². The second-order valence-electron chi connectivity index (χ2n) is 7.19. The Morgan fingerprint density at radius 3 is 2.30 bits per heavy atom. The van der Waals surface area contributed by atoms with Crippen molar-refractivity contribution in [2.75, 3.05) is 38.2 Å². The molecular formula is C23H30ClN3O2S. The van der Waals surface area contributed by atoms with Gasteiger partial charge >= 0.3 is 0 Å². The first kappa shape index (κ1) is 24.1. The summed E-state index contributed by atoms with van der Waals surface area (Å²) in [5.41, 5.74) is 3.77. The van der Waals surface area contributed by atoms with E-state index in [0.717, 1.165) is 51.9 Å². The number of carbonyl (C=O) groups excluding carboxylic acids is 1. The van der Waals surface area contributed by atoms with Crippen LogP contribution in [0.5, 0.6) is 5.75 Å². The molecule has 0 bridgehead atoms. The highest BCUT2D eigenvalue weighted by atomic mass is 35.5. The molecule has 162 valence electrons. The van der Waals surface area contributed by atoms with Crippen LogP contribution in [-0.4, -0.2) is 49.1 Å². The van der Waals surface area contributed by atoms with Gasteiger partial charge in [-0.25, -0.2) is 4.98 Å². The molecule has 0 fully saturated rings. The molecule has 0 saturated heterocycles. The maximum absolute atomic E-state index is 13.5. The molecule has 1 aromatic heterocycles. The fraction of sp³-hybridized carbons (Fsp3) is 0.391. The summed E-state index contributed by atoms with van der Waals surface area (Å²) < 4.78 is 6.35. The number of fused-ring (bicyclic) bond motifs is 1. The van der Waals surface area contributed by atoms with E-state index >= 15 is 0 Å². The van der Waals surface area contributed by atoms with Crippen molar-refractivity contribution in [3.05, 3.63) is 53.1 Å². The van der Waals surface area contributed by atoms with Gasteiger partial charge in [0, 0.05) is 18.7 Å². The number of carbonyl (C=O) groups is 1. The van der Waals surface area contributed by atoms with Gasteiger partial charge in [0.25, 0.3) is 5.91 Å². The van der Waals surface area contributed by atoms with Crippen LogP contribution in [0, 0.1) is 13.8 Å². The van der Waals surface area contributed by atoms with E-state index in [4.69, 9.17) is 9.72 Å². The summed E-state index contributed by atoms with van der Waals surface area (Å²) >= 11 is 1.53. The molecule has 1 amide bonds. The van der Waals surface area contributed by atoms with E-state index in [-0.39, 0.29) is 18.3 Å². The van der Waals surface area contributed by atoms with Crippen LogP contribution in [-0.2, 0) is 0 Å². The van der Waals surface area contributed by atoms with E-state index in [1.54, 1.807) is 7.11 Å². The van der Waals surface area contributed by atoms with Gasteiger partial charge in [0.2, 0.25) is 0 Å². The SMILES string of the molecule is CCN(CC)CCN(C(=O)c1cc(C)cc(C)c1)c1nc2ccc(OC)cc2s1.Cl. The second-order valence-corrected chi connectivity index (χ2v) is 8.20. The molecular weight excluding hydrogens is 418 g/mol. The van der Waals surface area contributed by atoms with Crippen molar-refractivity contribution in [1.82, 2.24) is 9.88 Å². The van der Waals surface area contributed by atoms with Gasteiger partial charge in [0.15, 0.2) is 5.13 Å². The largest absolute Gasteiger partial charge is 0.497 e. The van der Waals surface area contributed by atoms with Crippen molar-refractivity contribution in [2.45, 2.75) is 27.7 Å². The van der Waals surface area contributed by atoms with Crippen molar-refractivity contribution in [3.63, 3.8) is 0 Å². The monoisotopic (exact) mass is 447 g/mol. The Kier molecular flexibility index (Phi) is 8.65. The molecule has 0 N–H and O–H groups in total. The third-order valence-corrected chi connectivity index (χ3v) is 6.10. The summed E-state index contributed by atoms with van der Waals surface area (Å²) in [6.07, 6.45) is 0. The number of likely N-dealkylation sites (N-methyl/N-ethyl adjacent to an activating group) is 1. The smallest absolute Gasteiger partial charge is 0.260 e. The third kappa shape index (κ3) is 5.50. The molecule has 0 radical (unpaired) electrons. The number of amides is 1. The molecule has 1 heterocycles. The van der Waals surface area contributed by atoms with Crippen LogP contribution in [0.15, 0.2) is 36.4 Å². The first-order valence-corrected chi connectivity index (χ1v) is 10.8. The topological polar surface area (TPSA) is 45.7 Å². The lowest BCUT2D eigenvalue weighted by Gasteiger charge is -2.25. The molecule has 7 heteroatoms. The number of aromatic nitrogens is 1. The first-order valence-electron chi connectivity index (χ1n) is 10.0. The van der Waals surface area contributed by atoms with E-state index in [1.165, 1.54) is 11.3 Å². The van der Waals surface area contributed by atoms with E-state index in [2.05, 4.69) is 24.8 Å². The average molecular weight is 448 g/mol. The average Bonchev–Trinajstić information content (AvgIpc) is 3.12. The number of halogens is 1. The fourth-order valence-corrected chi connectivity index (χ4v) is 4.47. The van der Waals surface area contributed by atoms with Crippen LogP contribution < -0.4 is 9.64 Å². The second kappa shape index (κ2) is 10.8. The Bertz CT molecular complexity index is 981. The van der Waals surface area contributed by atoms with Gasteiger partial charge in [-0.05, 0) is 57.3 Å². The number of methoxy groups -OCH3 is 1. The minimum atomic E-state index is -0.00465. The number of rotatable bonds is 8. The van der Waals surface area contributed by atoms with Crippen LogP contribution in [0.25, 0.3) is 10.2 Å². The Morgan fingerprint density at radius 2 is 1.70 bits per heavy atom. The Balaban J connectivity index is 0.00000320. The van der Waals surface area contributed by atoms with Crippen molar-refractivity contribution in [1.29, 1.82) is 0 Å². The molecule has 3 rings (SSSR count). The minimum absolute atomic E-state index is 0. The third-order valence-electron chi connectivity index (χ3n) is 5.06. The van der Waals surface area contributed by atoms with Crippen molar-refractivity contribution < 1.29 is 9.53 Å². The zero-order valence-corrected chi connectivity index (χ0v) is 19.9. The first-order chi connectivity index (χ1) is 13.9. The predicted octanol–water partition coefficient (Wildman–Crippen LogP) is 5.33. The minimum Gasteiger partial charge on any atom is -0.497 e. The maximum Gasteiger partial charge on any atom is 0.260 e. The summed E-state index contributed by atoms with van der Waals surface area (Å²) in [6, 6.07) is 11.8. The van der Waals surface area contributed by atoms with E-state index in [1.807, 2.05) is 49.1 Å². The summed E-state index contributed by atoms with van der Waals surface area (Å²) in [7, 11) is 1.66. The van der Waals surface area contributed by atoms with Gasteiger partial charge in [-0.3, -0.25) is 9.69 Å². The predicted molar refractivity (Wildman–Crippen MR) is 129 cm³/mol. The quantitative estimate of drug-likeness (QED) is 0.468. The van der Waals surface area contributed by atoms with Gasteiger partial charge < -0.3 is 9.64 Å². The van der Waals surface area contributed by atoms with Crippen molar-refractivity contribution in [2.24, 2.45) is 0 Å². The van der Waals surface area contributed by atoms with E-state index in [0.29, 0.717) is 12.1 Å². The zero-order chi connectivity index (χ0) is 21.0. The number of thiazole rings is 1. The number of aryl methyl sites for hydroxylation is 2. The van der Waals surface area contributed by atoms with Crippen LogP contribution in [0.2, 0.25) is 0 Å². The molecule has 2 aromatic carbocycles. The summed E-state index contributed by atoms with van der Waals surface area (Å²) in [5.74, 6) is 0.790. The van der Waals surface area contributed by atoms with Crippen LogP contribution >= 0.6 is 23.7 Å². The number of hydrogen-bond donors (Lipinski definition) is 0. The van der Waals surface area contributed by atoms with E-state index < -0.39 is 0 Å². The molecule has 0 spiro atoms. The number of benzene rings is 2. The fourth-order valence-electron chi connectivity index (χ4n) is 3.45. The van der Waals surface area contributed by atoms with Crippen LogP contribution in [0.3, 0.4) is 0 Å². The van der Waals surface area contributed by atoms with Gasteiger partial charge in [-0.2, -0.15) is 0 Å². The molecule has 0 atom stereocenters. The summed E-state index contributed by atoms with van der Waals surface area (Å²) in [4.78, 5) is 22.4. The molecule has 0 saturated carbocycles.